The van der Waals surface area contributed by atoms with Crippen LogP contribution in [0.15, 0.2) is 46.2 Å². The number of carboxylic acid groups (broad SMARTS) is 1. The van der Waals surface area contributed by atoms with Gasteiger partial charge >= 0.3 is 0 Å². The minimum Gasteiger partial charge on any atom is -0.549 e. The average Bonchev–Trinajstić information content (AvgIpc) is 2.67. The first-order valence-electron chi connectivity index (χ1n) is 9.20. The monoisotopic (exact) mass is 444 g/mol. The highest BCUT2D eigenvalue weighted by molar-refractivity contribution is 8.00. The number of aryl methyl sites for hydroxylation is 2. The number of sulfonamides is 1. The van der Waals surface area contributed by atoms with E-state index in [1.165, 1.54) is 6.07 Å². The third kappa shape index (κ3) is 4.11. The molecule has 0 atom stereocenters. The van der Waals surface area contributed by atoms with Gasteiger partial charge in [0.05, 0.1) is 21.4 Å². The third-order valence-corrected chi connectivity index (χ3v) is 7.78. The normalized spacial score (nSPS) is 11.6. The van der Waals surface area contributed by atoms with Crippen molar-refractivity contribution in [3.63, 3.8) is 0 Å². The van der Waals surface area contributed by atoms with E-state index < -0.39 is 16.0 Å². The summed E-state index contributed by atoms with van der Waals surface area (Å²) in [6.45, 7) is 7.27. The Kier molecular flexibility index (Phi) is 6.01. The summed E-state index contributed by atoms with van der Waals surface area (Å²) in [4.78, 5) is 11.3. The molecule has 0 aliphatic heterocycles. The lowest BCUT2D eigenvalue weighted by Gasteiger charge is -2.19. The van der Waals surface area contributed by atoms with Gasteiger partial charge in [0.2, 0.25) is 0 Å². The molecule has 0 bridgehead atoms. The fourth-order valence-corrected chi connectivity index (χ4v) is 5.85. The van der Waals surface area contributed by atoms with Crippen LogP contribution in [0.25, 0.3) is 10.8 Å². The quantitative estimate of drug-likeness (QED) is 0.446. The minimum atomic E-state index is -3.94. The number of carboxylic acids is 1. The topological polar surface area (TPSA) is 107 Å². The predicted octanol–water partition coefficient (Wildman–Crippen LogP) is 3.42. The van der Waals surface area contributed by atoms with Crippen LogP contribution >= 0.6 is 11.8 Å². The number of aromatic hydroxyl groups is 1. The van der Waals surface area contributed by atoms with Crippen LogP contribution in [0, 0.1) is 27.7 Å². The predicted molar refractivity (Wildman–Crippen MR) is 118 cm³/mol. The van der Waals surface area contributed by atoms with Crippen LogP contribution in [-0.2, 0) is 14.8 Å². The Morgan fingerprint density at radius 2 is 1.60 bits per heavy atom. The average molecular weight is 445 g/mol. The number of carbonyl (C=O) groups excluding carboxylic acids is 1. The maximum absolute atomic E-state index is 13.4. The number of benzene rings is 3. The number of rotatable bonds is 6. The molecule has 3 aromatic carbocycles. The van der Waals surface area contributed by atoms with Crippen molar-refractivity contribution in [1.82, 2.24) is 0 Å². The smallest absolute Gasteiger partial charge is 0.262 e. The molecule has 0 aliphatic carbocycles. The van der Waals surface area contributed by atoms with Crippen molar-refractivity contribution in [2.75, 3.05) is 10.5 Å². The van der Waals surface area contributed by atoms with E-state index in [2.05, 4.69) is 4.72 Å². The number of hydrogen-bond donors (Lipinski definition) is 2. The summed E-state index contributed by atoms with van der Waals surface area (Å²) in [7, 11) is -3.94. The summed E-state index contributed by atoms with van der Waals surface area (Å²) < 4.78 is 29.4. The first-order chi connectivity index (χ1) is 14.0. The van der Waals surface area contributed by atoms with Crippen LogP contribution in [0.3, 0.4) is 0 Å². The second kappa shape index (κ2) is 8.20. The summed E-state index contributed by atoms with van der Waals surface area (Å²) in [5.74, 6) is -1.75. The van der Waals surface area contributed by atoms with Crippen molar-refractivity contribution in [3.8, 4) is 5.75 Å². The van der Waals surface area contributed by atoms with Crippen LogP contribution in [0.1, 0.15) is 22.3 Å². The molecular weight excluding hydrogens is 422 g/mol. The number of phenolic OH excluding ortho intramolecular Hbond substituents is 1. The molecule has 3 rings (SSSR count). The summed E-state index contributed by atoms with van der Waals surface area (Å²) >= 11 is 0.870. The van der Waals surface area contributed by atoms with Crippen LogP contribution in [0.2, 0.25) is 0 Å². The maximum atomic E-state index is 13.4. The van der Waals surface area contributed by atoms with Gasteiger partial charge in [0.25, 0.3) is 10.0 Å². The van der Waals surface area contributed by atoms with E-state index in [1.807, 2.05) is 19.9 Å². The van der Waals surface area contributed by atoms with Gasteiger partial charge in [-0.2, -0.15) is 0 Å². The van der Waals surface area contributed by atoms with Gasteiger partial charge in [0.1, 0.15) is 5.75 Å². The molecule has 0 fully saturated rings. The SMILES string of the molecule is Cc1cc(C)c(C)c(S(=O)(=O)Nc2cc(SCC(=O)[O-])c(O)c3ccccc23)c1C. The van der Waals surface area contributed by atoms with Gasteiger partial charge in [0.15, 0.2) is 0 Å². The molecule has 0 heterocycles. The Balaban J connectivity index is 2.18. The molecule has 0 amide bonds. The summed E-state index contributed by atoms with van der Waals surface area (Å²) in [6.07, 6.45) is 0. The summed E-state index contributed by atoms with van der Waals surface area (Å²) in [5, 5.41) is 22.3. The molecule has 2 N–H and O–H groups in total. The molecule has 30 heavy (non-hydrogen) atoms. The second-order valence-electron chi connectivity index (χ2n) is 7.17. The lowest BCUT2D eigenvalue weighted by molar-refractivity contribution is -0.301. The first-order valence-corrected chi connectivity index (χ1v) is 11.7. The number of nitrogens with one attached hydrogen (secondary N) is 1. The Labute approximate surface area is 180 Å². The summed E-state index contributed by atoms with van der Waals surface area (Å²) in [6, 6.07) is 10.2. The third-order valence-electron chi connectivity index (χ3n) is 5.14. The molecule has 158 valence electrons. The van der Waals surface area contributed by atoms with E-state index in [0.717, 1.165) is 22.9 Å². The van der Waals surface area contributed by atoms with Crippen LogP contribution in [-0.4, -0.2) is 25.2 Å². The van der Waals surface area contributed by atoms with Crippen molar-refractivity contribution in [2.45, 2.75) is 37.5 Å². The van der Waals surface area contributed by atoms with Crippen molar-refractivity contribution >= 4 is 44.2 Å². The van der Waals surface area contributed by atoms with E-state index in [0.29, 0.717) is 21.9 Å². The number of hydrogen-bond acceptors (Lipinski definition) is 6. The molecule has 0 radical (unpaired) electrons. The zero-order valence-corrected chi connectivity index (χ0v) is 18.7. The molecule has 0 saturated carbocycles. The molecule has 0 saturated heterocycles. The Hall–Kier alpha value is -2.71. The van der Waals surface area contributed by atoms with Gasteiger partial charge in [-0.15, -0.1) is 11.8 Å². The van der Waals surface area contributed by atoms with E-state index in [1.54, 1.807) is 38.1 Å². The largest absolute Gasteiger partial charge is 0.549 e. The van der Waals surface area contributed by atoms with Gasteiger partial charge in [0, 0.05) is 16.5 Å². The number of phenols is 1. The second-order valence-corrected chi connectivity index (χ2v) is 9.81. The molecule has 0 aromatic heterocycles. The Bertz CT molecular complexity index is 1240. The molecular formula is C22H22NO5S2-. The fraction of sp³-hybridized carbons (Fsp3) is 0.227. The maximum Gasteiger partial charge on any atom is 0.262 e. The number of thioether (sulfide) groups is 1. The molecule has 6 nitrogen and oxygen atoms in total. The van der Waals surface area contributed by atoms with E-state index >= 15 is 0 Å². The molecule has 0 aliphatic rings. The fourth-order valence-electron chi connectivity index (χ4n) is 3.45. The lowest BCUT2D eigenvalue weighted by Crippen LogP contribution is -2.24. The molecule has 0 unspecified atom stereocenters. The molecule has 0 spiro atoms. The van der Waals surface area contributed by atoms with Crippen LogP contribution in [0.5, 0.6) is 5.75 Å². The number of fused-ring (bicyclic) bond motifs is 1. The number of anilines is 1. The summed E-state index contributed by atoms with van der Waals surface area (Å²) in [5.41, 5.74) is 3.35. The highest BCUT2D eigenvalue weighted by Crippen LogP contribution is 2.40. The van der Waals surface area contributed by atoms with Gasteiger partial charge in [-0.3, -0.25) is 4.72 Å². The van der Waals surface area contributed by atoms with E-state index in [4.69, 9.17) is 0 Å². The Morgan fingerprint density at radius 3 is 2.17 bits per heavy atom. The zero-order chi connectivity index (χ0) is 22.2. The van der Waals surface area contributed by atoms with Crippen molar-refractivity contribution < 1.29 is 23.4 Å². The van der Waals surface area contributed by atoms with Gasteiger partial charge in [-0.1, -0.05) is 30.3 Å². The molecule has 8 heteroatoms. The standard InChI is InChI=1S/C22H23NO5S2/c1-12-9-13(2)15(4)22(14(12)3)30(27,28)23-18-10-19(29-11-20(24)25)21(26)17-8-6-5-7-16(17)18/h5-10,23,26H,11H2,1-4H3,(H,24,25)/p-1. The van der Waals surface area contributed by atoms with Crippen molar-refractivity contribution in [1.29, 1.82) is 0 Å². The lowest BCUT2D eigenvalue weighted by atomic mass is 10.0. The minimum absolute atomic E-state index is 0.0986. The highest BCUT2D eigenvalue weighted by atomic mass is 32.2. The number of carbonyl (C=O) groups is 1. The van der Waals surface area contributed by atoms with E-state index in [9.17, 15) is 23.4 Å². The molecule has 3 aromatic rings. The van der Waals surface area contributed by atoms with E-state index in [-0.39, 0.29) is 27.0 Å². The highest BCUT2D eigenvalue weighted by Gasteiger charge is 2.24. The van der Waals surface area contributed by atoms with Crippen LogP contribution < -0.4 is 9.83 Å². The Morgan fingerprint density at radius 1 is 1.03 bits per heavy atom. The zero-order valence-electron chi connectivity index (χ0n) is 17.1. The number of aliphatic carboxylic acids is 1. The van der Waals surface area contributed by atoms with Gasteiger partial charge in [-0.05, 0) is 56.0 Å². The van der Waals surface area contributed by atoms with Crippen molar-refractivity contribution in [2.24, 2.45) is 0 Å². The van der Waals surface area contributed by atoms with Crippen LogP contribution in [0.4, 0.5) is 5.69 Å². The van der Waals surface area contributed by atoms with Gasteiger partial charge in [-0.25, -0.2) is 8.42 Å². The first kappa shape index (κ1) is 22.0. The van der Waals surface area contributed by atoms with Crippen molar-refractivity contribution in [3.05, 3.63) is 58.7 Å². The van der Waals surface area contributed by atoms with Gasteiger partial charge < -0.3 is 15.0 Å².